The zero-order valence-electron chi connectivity index (χ0n) is 15.2. The van der Waals surface area contributed by atoms with Gasteiger partial charge in [-0.1, -0.05) is 6.08 Å². The monoisotopic (exact) mass is 480 g/mol. The molecule has 142 valence electrons. The molecule has 1 amide bonds. The number of ether oxygens (including phenoxy) is 2. The highest BCUT2D eigenvalue weighted by molar-refractivity contribution is 14.1. The first-order valence-corrected chi connectivity index (χ1v) is 9.34. The molecule has 0 aliphatic heterocycles. The third kappa shape index (κ3) is 5.46. The molecule has 0 unspecified atom stereocenters. The summed E-state index contributed by atoms with van der Waals surface area (Å²) in [6, 6.07) is 8.58. The Morgan fingerprint density at radius 3 is 2.78 bits per heavy atom. The molecule has 0 aliphatic rings. The van der Waals surface area contributed by atoms with Crippen molar-refractivity contribution >= 4 is 34.7 Å². The summed E-state index contributed by atoms with van der Waals surface area (Å²) in [5, 5.41) is 14.2. The van der Waals surface area contributed by atoms with Gasteiger partial charge >= 0.3 is 0 Å². The number of carbonyl (C=O) groups is 1. The standard InChI is InChI=1S/C20H21IN2O4/c1-4-6-14-9-13(10-18(19(14)24)27-5-2)12-22-23-20(25)15-7-8-16(21)17(11-15)26-3/h4,7-12,24H,1,5-6H2,2-3H3,(H,23,25)/b22-12+. The highest BCUT2D eigenvalue weighted by atomic mass is 127. The average Bonchev–Trinajstić information content (AvgIpc) is 2.66. The number of halogens is 1. The van der Waals surface area contributed by atoms with Crippen LogP contribution in [0, 0.1) is 3.57 Å². The van der Waals surface area contributed by atoms with Crippen molar-refractivity contribution in [3.8, 4) is 17.2 Å². The Kier molecular flexibility index (Phi) is 7.66. The summed E-state index contributed by atoms with van der Waals surface area (Å²) in [6.07, 6.45) is 3.68. The molecule has 0 aliphatic carbocycles. The molecule has 0 bridgehead atoms. The van der Waals surface area contributed by atoms with E-state index >= 15 is 0 Å². The van der Waals surface area contributed by atoms with Crippen molar-refractivity contribution in [2.75, 3.05) is 13.7 Å². The number of nitrogens with one attached hydrogen (secondary N) is 1. The second-order valence-electron chi connectivity index (χ2n) is 5.50. The Hall–Kier alpha value is -2.55. The fourth-order valence-electron chi connectivity index (χ4n) is 2.37. The average molecular weight is 480 g/mol. The number of hydrazone groups is 1. The molecule has 27 heavy (non-hydrogen) atoms. The van der Waals surface area contributed by atoms with Gasteiger partial charge in [0.05, 0.1) is 23.5 Å². The fraction of sp³-hybridized carbons (Fsp3) is 0.200. The van der Waals surface area contributed by atoms with Crippen LogP contribution in [0.25, 0.3) is 0 Å². The maximum Gasteiger partial charge on any atom is 0.271 e. The van der Waals surface area contributed by atoms with Crippen molar-refractivity contribution in [3.05, 3.63) is 63.2 Å². The number of carbonyl (C=O) groups excluding carboxylic acids is 1. The van der Waals surface area contributed by atoms with Crippen molar-refractivity contribution in [1.82, 2.24) is 5.43 Å². The molecule has 6 nitrogen and oxygen atoms in total. The topological polar surface area (TPSA) is 80.2 Å². The highest BCUT2D eigenvalue weighted by Crippen LogP contribution is 2.32. The SMILES string of the molecule is C=CCc1cc(/C=N/NC(=O)c2ccc(I)c(OC)c2)cc(OCC)c1O. The van der Waals surface area contributed by atoms with E-state index < -0.39 is 0 Å². The van der Waals surface area contributed by atoms with Gasteiger partial charge in [-0.2, -0.15) is 5.10 Å². The van der Waals surface area contributed by atoms with Crippen LogP contribution in [0.5, 0.6) is 17.2 Å². The van der Waals surface area contributed by atoms with Crippen molar-refractivity contribution in [1.29, 1.82) is 0 Å². The summed E-state index contributed by atoms with van der Waals surface area (Å²) in [6.45, 7) is 5.95. The van der Waals surface area contributed by atoms with E-state index in [1.807, 2.05) is 6.92 Å². The van der Waals surface area contributed by atoms with Crippen LogP contribution in [-0.4, -0.2) is 30.9 Å². The van der Waals surface area contributed by atoms with Crippen molar-refractivity contribution in [3.63, 3.8) is 0 Å². The second kappa shape index (κ2) is 9.96. The molecule has 0 spiro atoms. The smallest absolute Gasteiger partial charge is 0.271 e. The third-order valence-electron chi connectivity index (χ3n) is 3.63. The predicted octanol–water partition coefficient (Wildman–Crippen LogP) is 3.90. The zero-order chi connectivity index (χ0) is 19.8. The minimum absolute atomic E-state index is 0.0870. The largest absolute Gasteiger partial charge is 0.504 e. The van der Waals surface area contributed by atoms with Crippen LogP contribution in [0.3, 0.4) is 0 Å². The molecular formula is C20H21IN2O4. The number of hydrogen-bond acceptors (Lipinski definition) is 5. The van der Waals surface area contributed by atoms with Crippen LogP contribution in [0.2, 0.25) is 0 Å². The van der Waals surface area contributed by atoms with Gasteiger partial charge in [0.1, 0.15) is 5.75 Å². The number of aromatic hydroxyl groups is 1. The Labute approximate surface area is 172 Å². The predicted molar refractivity (Wildman–Crippen MR) is 114 cm³/mol. The number of amides is 1. The van der Waals surface area contributed by atoms with Gasteiger partial charge in [-0.25, -0.2) is 5.43 Å². The number of rotatable bonds is 8. The molecule has 0 fully saturated rings. The molecule has 0 saturated carbocycles. The first-order chi connectivity index (χ1) is 13.0. The van der Waals surface area contributed by atoms with Crippen LogP contribution in [-0.2, 0) is 6.42 Å². The summed E-state index contributed by atoms with van der Waals surface area (Å²) in [5.41, 5.74) is 4.29. The van der Waals surface area contributed by atoms with Gasteiger partial charge in [-0.15, -0.1) is 6.58 Å². The minimum atomic E-state index is -0.351. The van der Waals surface area contributed by atoms with Crippen LogP contribution in [0.15, 0.2) is 48.1 Å². The number of phenols is 1. The summed E-state index contributed by atoms with van der Waals surface area (Å²) < 4.78 is 11.6. The first-order valence-electron chi connectivity index (χ1n) is 8.26. The number of phenolic OH excluding ortho intramolecular Hbond substituents is 1. The quantitative estimate of drug-likeness (QED) is 0.260. The number of benzene rings is 2. The van der Waals surface area contributed by atoms with Gasteiger partial charge in [-0.3, -0.25) is 4.79 Å². The number of nitrogens with zero attached hydrogens (tertiary/aromatic N) is 1. The van der Waals surface area contributed by atoms with E-state index in [1.165, 1.54) is 6.21 Å². The highest BCUT2D eigenvalue weighted by Gasteiger charge is 2.10. The molecule has 0 atom stereocenters. The van der Waals surface area contributed by atoms with E-state index in [4.69, 9.17) is 9.47 Å². The molecule has 0 saturated heterocycles. The third-order valence-corrected chi connectivity index (χ3v) is 4.52. The molecule has 2 N–H and O–H groups in total. The van der Waals surface area contributed by atoms with E-state index in [0.717, 1.165) is 3.57 Å². The lowest BCUT2D eigenvalue weighted by Crippen LogP contribution is -2.17. The van der Waals surface area contributed by atoms with Crippen molar-refractivity contribution < 1.29 is 19.4 Å². The second-order valence-corrected chi connectivity index (χ2v) is 6.66. The lowest BCUT2D eigenvalue weighted by molar-refractivity contribution is 0.0954. The van der Waals surface area contributed by atoms with Crippen LogP contribution < -0.4 is 14.9 Å². The van der Waals surface area contributed by atoms with E-state index in [9.17, 15) is 9.90 Å². The van der Waals surface area contributed by atoms with E-state index in [-0.39, 0.29) is 11.7 Å². The van der Waals surface area contributed by atoms with Crippen LogP contribution in [0.4, 0.5) is 0 Å². The number of methoxy groups -OCH3 is 1. The number of hydrogen-bond donors (Lipinski definition) is 2. The molecule has 2 rings (SSSR count). The van der Waals surface area contributed by atoms with Gasteiger partial charge in [0.2, 0.25) is 0 Å². The van der Waals surface area contributed by atoms with Gasteiger partial charge in [0, 0.05) is 11.1 Å². The fourth-order valence-corrected chi connectivity index (χ4v) is 2.93. The van der Waals surface area contributed by atoms with Crippen molar-refractivity contribution in [2.24, 2.45) is 5.10 Å². The molecular weight excluding hydrogens is 459 g/mol. The lowest BCUT2D eigenvalue weighted by atomic mass is 10.1. The Morgan fingerprint density at radius 1 is 1.33 bits per heavy atom. The molecule has 7 heteroatoms. The van der Waals surface area contributed by atoms with Gasteiger partial charge in [-0.05, 0) is 71.8 Å². The lowest BCUT2D eigenvalue weighted by Gasteiger charge is -2.11. The van der Waals surface area contributed by atoms with Crippen molar-refractivity contribution in [2.45, 2.75) is 13.3 Å². The first kappa shape index (κ1) is 20.8. The van der Waals surface area contributed by atoms with Crippen LogP contribution >= 0.6 is 22.6 Å². The molecule has 2 aromatic rings. The Morgan fingerprint density at radius 2 is 2.11 bits per heavy atom. The minimum Gasteiger partial charge on any atom is -0.504 e. The van der Waals surface area contributed by atoms with Gasteiger partial charge in [0.15, 0.2) is 11.5 Å². The maximum absolute atomic E-state index is 12.2. The molecule has 0 aromatic heterocycles. The molecule has 0 heterocycles. The zero-order valence-corrected chi connectivity index (χ0v) is 17.3. The van der Waals surface area contributed by atoms with Gasteiger partial charge < -0.3 is 14.6 Å². The van der Waals surface area contributed by atoms with Gasteiger partial charge in [0.25, 0.3) is 5.91 Å². The van der Waals surface area contributed by atoms with Crippen LogP contribution in [0.1, 0.15) is 28.4 Å². The van der Waals surface area contributed by atoms with E-state index in [1.54, 1.807) is 43.5 Å². The Balaban J connectivity index is 2.17. The normalized spacial score (nSPS) is 10.6. The molecule has 2 aromatic carbocycles. The maximum atomic E-state index is 12.2. The summed E-state index contributed by atoms with van der Waals surface area (Å²) in [7, 11) is 1.55. The van der Waals surface area contributed by atoms with E-state index in [2.05, 4.69) is 39.7 Å². The Bertz CT molecular complexity index is 865. The summed E-state index contributed by atoms with van der Waals surface area (Å²) >= 11 is 2.13. The summed E-state index contributed by atoms with van der Waals surface area (Å²) in [5.74, 6) is 0.730. The number of allylic oxidation sites excluding steroid dienone is 1. The summed E-state index contributed by atoms with van der Waals surface area (Å²) in [4.78, 5) is 12.2. The van der Waals surface area contributed by atoms with E-state index in [0.29, 0.717) is 41.2 Å². The molecule has 0 radical (unpaired) electrons.